The predicted molar refractivity (Wildman–Crippen MR) is 237 cm³/mol. The van der Waals surface area contributed by atoms with E-state index in [0.717, 1.165) is 28.1 Å². The Morgan fingerprint density at radius 1 is 0.640 bits per heavy atom. The lowest BCUT2D eigenvalue weighted by Crippen LogP contribution is -2.46. The molecule has 6 aromatic heterocycles. The summed E-state index contributed by atoms with van der Waals surface area (Å²) in [6.07, 6.45) is -5.17. The molecule has 0 bridgehead atoms. The van der Waals surface area contributed by atoms with E-state index in [1.54, 1.807) is 0 Å². The predicted octanol–water partition coefficient (Wildman–Crippen LogP) is -6.49. The molecule has 0 aliphatic heterocycles. The quantitative estimate of drug-likeness (QED) is 0.0144. The van der Waals surface area contributed by atoms with Gasteiger partial charge in [0, 0.05) is 7.11 Å². The third kappa shape index (κ3) is 15.3. The number of anilines is 3. The molecule has 0 aliphatic carbocycles. The van der Waals surface area contributed by atoms with Crippen LogP contribution in [0.5, 0.6) is 0 Å². The van der Waals surface area contributed by atoms with Crippen LogP contribution in [0, 0.1) is 0 Å². The van der Waals surface area contributed by atoms with Gasteiger partial charge in [0.05, 0.1) is 72.6 Å². The summed E-state index contributed by atoms with van der Waals surface area (Å²) in [5.41, 5.74) is 15.2. The first-order chi connectivity index (χ1) is 35.3. The summed E-state index contributed by atoms with van der Waals surface area (Å²) in [4.78, 5) is 104. The number of nitrogens with one attached hydrogen (secondary N) is 2. The fourth-order valence-electron chi connectivity index (χ4n) is 6.54. The van der Waals surface area contributed by atoms with Gasteiger partial charge in [-0.25, -0.2) is 33.1 Å². The number of hydrogen-bond donors (Lipinski definition) is 9. The number of ether oxygens (including phenoxy) is 4. The van der Waals surface area contributed by atoms with Crippen LogP contribution in [-0.4, -0.2) is 159 Å². The Morgan fingerprint density at radius 2 is 1.17 bits per heavy atom. The van der Waals surface area contributed by atoms with Crippen LogP contribution in [0.15, 0.2) is 34.9 Å². The largest absolute Gasteiger partial charge is 0.756 e. The van der Waals surface area contributed by atoms with Crippen molar-refractivity contribution in [1.82, 2.24) is 53.6 Å². The smallest absolute Gasteiger partial charge is 0.313 e. The number of nitrogens with zero attached hydrogens (tertiary/aromatic N) is 10. The maximum Gasteiger partial charge on any atom is 0.313 e. The van der Waals surface area contributed by atoms with Crippen molar-refractivity contribution < 1.29 is 108 Å². The van der Waals surface area contributed by atoms with Crippen molar-refractivity contribution in [3.05, 3.63) is 46.0 Å². The lowest BCUT2D eigenvalue weighted by Gasteiger charge is -2.35. The molecule has 0 saturated heterocycles. The van der Waals surface area contributed by atoms with E-state index >= 15 is 0 Å². The van der Waals surface area contributed by atoms with E-state index in [9.17, 15) is 67.8 Å². The number of H-pyrrole nitrogens is 2. The molecular formula is C32H46N15O24P4-3. The highest BCUT2D eigenvalue weighted by molar-refractivity contribution is 7.65. The second kappa shape index (κ2) is 24.9. The number of aromatic nitrogens is 12. The van der Waals surface area contributed by atoms with Crippen LogP contribution in [0.4, 0.5) is 17.7 Å². The summed E-state index contributed by atoms with van der Waals surface area (Å²) in [7, 11) is -22.0. The maximum absolute atomic E-state index is 13.1. The molecule has 0 fully saturated rings. The summed E-state index contributed by atoms with van der Waals surface area (Å²) in [5.74, 6) is -0.743. The van der Waals surface area contributed by atoms with E-state index in [1.165, 1.54) is 29.6 Å². The van der Waals surface area contributed by atoms with Gasteiger partial charge in [0.15, 0.2) is 41.4 Å². The van der Waals surface area contributed by atoms with E-state index in [0.29, 0.717) is 0 Å². The Labute approximate surface area is 417 Å². The van der Waals surface area contributed by atoms with Gasteiger partial charge in [-0.15, -0.1) is 0 Å². The zero-order valence-electron chi connectivity index (χ0n) is 38.6. The highest BCUT2D eigenvalue weighted by Gasteiger charge is 2.32. The van der Waals surface area contributed by atoms with Crippen molar-refractivity contribution in [2.75, 3.05) is 83.8 Å². The molecule has 0 saturated carbocycles. The molecule has 43 heteroatoms. The highest BCUT2D eigenvalue weighted by atomic mass is 31.3. The minimum atomic E-state index is -6.57. The number of aromatic amines is 2. The third-order valence-corrected chi connectivity index (χ3v) is 14.8. The lowest BCUT2D eigenvalue weighted by molar-refractivity contribution is -0.746. The van der Waals surface area contributed by atoms with E-state index < -0.39 is 139 Å². The minimum Gasteiger partial charge on any atom is -0.756 e. The molecule has 0 aliphatic rings. The number of imidazole rings is 3. The topological polar surface area (TPSA) is 574 Å². The normalized spacial score (nSPS) is 18.0. The number of aliphatic hydroxyl groups excluding tert-OH is 4. The van der Waals surface area contributed by atoms with Crippen molar-refractivity contribution in [3.8, 4) is 0 Å². The van der Waals surface area contributed by atoms with Gasteiger partial charge in [0.1, 0.15) is 36.8 Å². The summed E-state index contributed by atoms with van der Waals surface area (Å²) >= 11 is 0. The number of phosphoric acid groups is 4. The number of aliphatic hydroxyl groups is 4. The molecule has 4 unspecified atom stereocenters. The van der Waals surface area contributed by atoms with E-state index in [-0.39, 0.29) is 51.2 Å². The molecule has 6 aromatic rings. The van der Waals surface area contributed by atoms with Gasteiger partial charge in [-0.2, -0.15) is 4.98 Å². The second-order valence-electron chi connectivity index (χ2n) is 15.1. The highest BCUT2D eigenvalue weighted by Crippen LogP contribution is 2.63. The van der Waals surface area contributed by atoms with Gasteiger partial charge in [0.25, 0.3) is 48.4 Å². The van der Waals surface area contributed by atoms with E-state index in [1.807, 2.05) is 0 Å². The Bertz CT molecular complexity index is 3250. The SMILES string of the molecule is COC[C@@H](O[C@@H](COP(=O)([O-])OC[C@H](CO)O[C@H](CO)n1cnc2c(=O)[nH]c(N)nc21)COP(=O)([O-])OP(=O)([O-])OP(=O)([O-])OC[C@H](CO)O[C@H](CO)[n+]1cn(C)c2c(=O)[nH]c(N)nc21)n1cnc2c(N)ncnc21. The first-order valence-electron chi connectivity index (χ1n) is 20.9. The van der Waals surface area contributed by atoms with Crippen LogP contribution in [0.2, 0.25) is 0 Å². The number of phosphoric ester groups is 3. The van der Waals surface area contributed by atoms with Crippen LogP contribution in [0.1, 0.15) is 18.7 Å². The van der Waals surface area contributed by atoms with Crippen LogP contribution < -0.4 is 52.5 Å². The van der Waals surface area contributed by atoms with Crippen molar-refractivity contribution in [2.45, 2.75) is 37.0 Å². The zero-order valence-corrected chi connectivity index (χ0v) is 42.2. The molecule has 0 radical (unpaired) electrons. The van der Waals surface area contributed by atoms with Gasteiger partial charge in [0.2, 0.25) is 17.7 Å². The number of hydrogen-bond acceptors (Lipinski definition) is 33. The van der Waals surface area contributed by atoms with E-state index in [4.69, 9.17) is 45.2 Å². The molecular weight excluding hydrogens is 1100 g/mol. The number of aryl methyl sites for hydroxylation is 1. The zero-order chi connectivity index (χ0) is 55.0. The van der Waals surface area contributed by atoms with Crippen LogP contribution in [0.25, 0.3) is 33.5 Å². The summed E-state index contributed by atoms with van der Waals surface area (Å²) < 4.78 is 105. The fourth-order valence-corrected chi connectivity index (χ4v) is 10.7. The number of nitrogen functional groups attached to an aromatic ring is 3. The molecule has 0 spiro atoms. The van der Waals surface area contributed by atoms with Crippen LogP contribution in [0.3, 0.4) is 0 Å². The molecule has 416 valence electrons. The third-order valence-electron chi connectivity index (χ3n) is 9.71. The number of rotatable bonds is 31. The van der Waals surface area contributed by atoms with Crippen molar-refractivity contribution in [1.29, 1.82) is 0 Å². The maximum atomic E-state index is 13.1. The Kier molecular flexibility index (Phi) is 19.6. The molecule has 10 atom stereocenters. The fraction of sp³-hybridized carbons (Fsp3) is 0.531. The van der Waals surface area contributed by atoms with Gasteiger partial charge >= 0.3 is 5.65 Å². The molecule has 0 aromatic carbocycles. The molecule has 39 nitrogen and oxygen atoms in total. The first-order valence-corrected chi connectivity index (χ1v) is 26.7. The number of nitrogens with two attached hydrogens (primary N) is 3. The Morgan fingerprint density at radius 3 is 1.76 bits per heavy atom. The summed E-state index contributed by atoms with van der Waals surface area (Å²) in [6.45, 7) is -9.05. The lowest BCUT2D eigenvalue weighted by atomic mass is 10.4. The van der Waals surface area contributed by atoms with Gasteiger partial charge in [-0.3, -0.25) is 51.5 Å². The van der Waals surface area contributed by atoms with Gasteiger partial charge in [-0.05, 0) is 0 Å². The Hall–Kier alpha value is -5.15. The standard InChI is InChI=1S/C32H49N15O24P4/c1-44-15-47(28-24(44)30(53)43-32(35)41-28)20(6-51)68-17(4-49)8-65-73(56,57)70-75(60,61)71-74(58,59)66-10-18(69-21(11-62-2)46-13-38-22-25(33)36-12-37-26(22)46)9-64-72(54,55)63-7-16(3-48)67-19(5-50)45-14-39-23-27(45)40-31(34)42-29(23)52/h12-21,48-51H,3-11H2,1-2H3,(H11-,33,34,35,36,37,40,41,42,43,52,53,54,55,56,57,58,59,60,61)/p-3/t16-,17-,18-,19+,20+,21+/m0/s1. The van der Waals surface area contributed by atoms with Gasteiger partial charge in [-0.1, -0.05) is 4.98 Å². The average Bonchev–Trinajstić information content (AvgIpc) is 4.05. The second-order valence-corrected chi connectivity index (χ2v) is 21.0. The summed E-state index contributed by atoms with van der Waals surface area (Å²) in [6, 6.07) is 0. The van der Waals surface area contributed by atoms with Crippen LogP contribution >= 0.6 is 31.3 Å². The van der Waals surface area contributed by atoms with Crippen molar-refractivity contribution in [2.24, 2.45) is 7.05 Å². The van der Waals surface area contributed by atoms with Crippen molar-refractivity contribution >= 4 is 82.5 Å². The molecule has 6 rings (SSSR count). The monoisotopic (exact) mass is 1150 g/mol. The van der Waals surface area contributed by atoms with E-state index in [2.05, 4.69) is 57.5 Å². The molecule has 12 N–H and O–H groups in total. The molecule has 0 amide bonds. The Balaban J connectivity index is 1.11. The molecule has 6 heterocycles. The number of methoxy groups -OCH3 is 1. The van der Waals surface area contributed by atoms with Crippen LogP contribution in [-0.2, 0) is 71.0 Å². The van der Waals surface area contributed by atoms with Crippen molar-refractivity contribution in [3.63, 3.8) is 0 Å². The first kappa shape index (κ1) is 59.1. The summed E-state index contributed by atoms with van der Waals surface area (Å²) in [5, 5.41) is 39.9. The van der Waals surface area contributed by atoms with Gasteiger partial charge < -0.3 is 94.2 Å². The average molecular weight is 1150 g/mol. The minimum absolute atomic E-state index is 0.00923. The molecule has 75 heavy (non-hydrogen) atoms. The number of fused-ring (bicyclic) bond motifs is 3.